The van der Waals surface area contributed by atoms with Gasteiger partial charge >= 0.3 is 0 Å². The van der Waals surface area contributed by atoms with E-state index >= 15 is 0 Å². The summed E-state index contributed by atoms with van der Waals surface area (Å²) >= 11 is 0. The van der Waals surface area contributed by atoms with Crippen molar-refractivity contribution in [1.82, 2.24) is 15.5 Å². The molecule has 3 rings (SSSR count). The number of nitrogens with zero attached hydrogens (tertiary/aromatic N) is 1. The Morgan fingerprint density at radius 3 is 2.83 bits per heavy atom. The van der Waals surface area contributed by atoms with E-state index in [1.807, 2.05) is 0 Å². The van der Waals surface area contributed by atoms with Crippen molar-refractivity contribution >= 4 is 17.7 Å². The maximum atomic E-state index is 12.3. The highest BCUT2D eigenvalue weighted by molar-refractivity contribution is 6.22. The van der Waals surface area contributed by atoms with E-state index in [0.717, 1.165) is 30.8 Å². The van der Waals surface area contributed by atoms with E-state index in [0.29, 0.717) is 11.1 Å². The Bertz CT molecular complexity index is 678. The first-order valence-electron chi connectivity index (χ1n) is 7.74. The minimum absolute atomic E-state index is 0.0964. The SMILES string of the molecule is C=CCN1C(=O)c2ccc(C(=O)N[C@H]3CCCNC3)cc2C1=O. The molecule has 2 N–H and O–H groups in total. The summed E-state index contributed by atoms with van der Waals surface area (Å²) in [6, 6.07) is 4.74. The van der Waals surface area contributed by atoms with Gasteiger partial charge in [0.1, 0.15) is 0 Å². The molecule has 1 aromatic rings. The van der Waals surface area contributed by atoms with Crippen molar-refractivity contribution in [2.45, 2.75) is 18.9 Å². The van der Waals surface area contributed by atoms with Crippen molar-refractivity contribution in [3.8, 4) is 0 Å². The quantitative estimate of drug-likeness (QED) is 0.641. The zero-order valence-electron chi connectivity index (χ0n) is 12.8. The molecule has 1 fully saturated rings. The van der Waals surface area contributed by atoms with Crippen LogP contribution in [0.25, 0.3) is 0 Å². The van der Waals surface area contributed by atoms with Gasteiger partial charge in [0.05, 0.1) is 11.1 Å². The Balaban J connectivity index is 1.79. The van der Waals surface area contributed by atoms with Crippen LogP contribution in [-0.4, -0.2) is 48.3 Å². The molecule has 3 amide bonds. The van der Waals surface area contributed by atoms with Crippen LogP contribution in [0.15, 0.2) is 30.9 Å². The van der Waals surface area contributed by atoms with Crippen LogP contribution in [0.4, 0.5) is 0 Å². The Morgan fingerprint density at radius 1 is 1.35 bits per heavy atom. The molecule has 1 saturated heterocycles. The number of nitrogens with one attached hydrogen (secondary N) is 2. The van der Waals surface area contributed by atoms with Crippen LogP contribution in [0, 0.1) is 0 Å². The molecule has 0 aromatic heterocycles. The minimum Gasteiger partial charge on any atom is -0.348 e. The van der Waals surface area contributed by atoms with E-state index in [1.54, 1.807) is 12.1 Å². The maximum Gasteiger partial charge on any atom is 0.261 e. The van der Waals surface area contributed by atoms with Crippen molar-refractivity contribution < 1.29 is 14.4 Å². The van der Waals surface area contributed by atoms with Gasteiger partial charge in [-0.15, -0.1) is 6.58 Å². The second kappa shape index (κ2) is 6.34. The predicted molar refractivity (Wildman–Crippen MR) is 85.4 cm³/mol. The number of amides is 3. The molecule has 0 saturated carbocycles. The van der Waals surface area contributed by atoms with Gasteiger partial charge in [0.25, 0.3) is 17.7 Å². The van der Waals surface area contributed by atoms with Crippen molar-refractivity contribution in [1.29, 1.82) is 0 Å². The highest BCUT2D eigenvalue weighted by Crippen LogP contribution is 2.24. The van der Waals surface area contributed by atoms with Crippen molar-refractivity contribution in [3.05, 3.63) is 47.5 Å². The van der Waals surface area contributed by atoms with Gasteiger partial charge in [-0.2, -0.15) is 0 Å². The Kier molecular flexibility index (Phi) is 4.25. The molecular formula is C17H19N3O3. The molecule has 0 bridgehead atoms. The summed E-state index contributed by atoms with van der Waals surface area (Å²) in [6.45, 7) is 5.44. The normalized spacial score (nSPS) is 20.3. The van der Waals surface area contributed by atoms with Gasteiger partial charge in [0.2, 0.25) is 0 Å². The lowest BCUT2D eigenvalue weighted by molar-refractivity contribution is 0.0672. The van der Waals surface area contributed by atoms with E-state index in [4.69, 9.17) is 0 Å². The van der Waals surface area contributed by atoms with Crippen LogP contribution in [0.3, 0.4) is 0 Å². The Labute approximate surface area is 134 Å². The smallest absolute Gasteiger partial charge is 0.261 e. The summed E-state index contributed by atoms with van der Waals surface area (Å²) in [5.74, 6) is -0.934. The number of imide groups is 1. The summed E-state index contributed by atoms with van der Waals surface area (Å²) < 4.78 is 0. The minimum atomic E-state index is -0.376. The molecule has 1 atom stereocenters. The molecule has 2 aliphatic rings. The van der Waals surface area contributed by atoms with E-state index in [9.17, 15) is 14.4 Å². The number of fused-ring (bicyclic) bond motifs is 1. The molecule has 0 aliphatic carbocycles. The number of hydrogen-bond acceptors (Lipinski definition) is 4. The monoisotopic (exact) mass is 313 g/mol. The summed E-state index contributed by atoms with van der Waals surface area (Å²) in [6.07, 6.45) is 3.47. The average molecular weight is 313 g/mol. The largest absolute Gasteiger partial charge is 0.348 e. The predicted octanol–water partition coefficient (Wildman–Crippen LogP) is 0.950. The third-order valence-corrected chi connectivity index (χ3v) is 4.18. The molecular weight excluding hydrogens is 294 g/mol. The fraction of sp³-hybridized carbons (Fsp3) is 0.353. The lowest BCUT2D eigenvalue weighted by Crippen LogP contribution is -2.45. The van der Waals surface area contributed by atoms with Gasteiger partial charge in [-0.3, -0.25) is 19.3 Å². The van der Waals surface area contributed by atoms with Gasteiger partial charge in [-0.1, -0.05) is 6.08 Å². The van der Waals surface area contributed by atoms with Crippen LogP contribution < -0.4 is 10.6 Å². The van der Waals surface area contributed by atoms with Crippen LogP contribution in [0.5, 0.6) is 0 Å². The zero-order chi connectivity index (χ0) is 16.4. The van der Waals surface area contributed by atoms with Crippen molar-refractivity contribution in [2.75, 3.05) is 19.6 Å². The molecule has 2 heterocycles. The standard InChI is InChI=1S/C17H19N3O3/c1-2-8-20-16(22)13-6-5-11(9-14(13)17(20)23)15(21)19-12-4-3-7-18-10-12/h2,5-6,9,12,18H,1,3-4,7-8,10H2,(H,19,21)/t12-/m0/s1. The molecule has 1 aromatic carbocycles. The number of benzene rings is 1. The lowest BCUT2D eigenvalue weighted by atomic mass is 10.0. The number of carbonyl (C=O) groups is 3. The molecule has 120 valence electrons. The molecule has 6 heteroatoms. The second-order valence-electron chi connectivity index (χ2n) is 5.79. The molecule has 0 spiro atoms. The van der Waals surface area contributed by atoms with E-state index < -0.39 is 0 Å². The molecule has 23 heavy (non-hydrogen) atoms. The third-order valence-electron chi connectivity index (χ3n) is 4.18. The molecule has 6 nitrogen and oxygen atoms in total. The first-order valence-corrected chi connectivity index (χ1v) is 7.74. The third kappa shape index (κ3) is 2.90. The topological polar surface area (TPSA) is 78.5 Å². The number of piperidine rings is 1. The Morgan fingerprint density at radius 2 is 2.13 bits per heavy atom. The fourth-order valence-corrected chi connectivity index (χ4v) is 2.97. The van der Waals surface area contributed by atoms with Gasteiger partial charge in [-0.25, -0.2) is 0 Å². The van der Waals surface area contributed by atoms with Crippen molar-refractivity contribution in [2.24, 2.45) is 0 Å². The molecule has 2 aliphatic heterocycles. The van der Waals surface area contributed by atoms with Crippen LogP contribution in [0.1, 0.15) is 43.9 Å². The highest BCUT2D eigenvalue weighted by atomic mass is 16.2. The Hall–Kier alpha value is -2.47. The summed E-state index contributed by atoms with van der Waals surface area (Å²) in [5.41, 5.74) is 1.02. The first-order chi connectivity index (χ1) is 11.1. The maximum absolute atomic E-state index is 12.3. The lowest BCUT2D eigenvalue weighted by Gasteiger charge is -2.23. The zero-order valence-corrected chi connectivity index (χ0v) is 12.8. The average Bonchev–Trinajstić information content (AvgIpc) is 2.81. The van der Waals surface area contributed by atoms with Gasteiger partial charge in [0, 0.05) is 24.7 Å². The second-order valence-corrected chi connectivity index (χ2v) is 5.79. The van der Waals surface area contributed by atoms with Gasteiger partial charge in [0.15, 0.2) is 0 Å². The first kappa shape index (κ1) is 15.4. The van der Waals surface area contributed by atoms with Gasteiger partial charge < -0.3 is 10.6 Å². The highest BCUT2D eigenvalue weighted by Gasteiger charge is 2.35. The number of carbonyl (C=O) groups excluding carboxylic acids is 3. The summed E-state index contributed by atoms with van der Waals surface area (Å²) in [5, 5.41) is 6.20. The molecule has 0 unspecified atom stereocenters. The molecule has 0 radical (unpaired) electrons. The van der Waals surface area contributed by atoms with Crippen LogP contribution in [-0.2, 0) is 0 Å². The van der Waals surface area contributed by atoms with E-state index in [2.05, 4.69) is 17.2 Å². The van der Waals surface area contributed by atoms with Gasteiger partial charge in [-0.05, 0) is 37.6 Å². The van der Waals surface area contributed by atoms with Crippen LogP contribution in [0.2, 0.25) is 0 Å². The van der Waals surface area contributed by atoms with Crippen molar-refractivity contribution in [3.63, 3.8) is 0 Å². The van der Waals surface area contributed by atoms with E-state index in [1.165, 1.54) is 12.1 Å². The fourth-order valence-electron chi connectivity index (χ4n) is 2.97. The van der Waals surface area contributed by atoms with Crippen LogP contribution >= 0.6 is 0 Å². The van der Waals surface area contributed by atoms with E-state index in [-0.39, 0.29) is 35.9 Å². The number of rotatable bonds is 4. The number of hydrogen-bond donors (Lipinski definition) is 2. The summed E-state index contributed by atoms with van der Waals surface area (Å²) in [4.78, 5) is 37.9. The summed E-state index contributed by atoms with van der Waals surface area (Å²) in [7, 11) is 0.